The van der Waals surface area contributed by atoms with Gasteiger partial charge in [0.25, 0.3) is 0 Å². The van der Waals surface area contributed by atoms with Crippen molar-refractivity contribution in [1.29, 1.82) is 0 Å². The minimum absolute atomic E-state index is 0.106. The lowest BCUT2D eigenvalue weighted by molar-refractivity contribution is -0.161. The molecule has 0 aromatic heterocycles. The molecule has 0 aliphatic heterocycles. The number of hydrogen-bond donors (Lipinski definition) is 3. The average molecular weight is 1240 g/mol. The number of carbonyl (C=O) groups is 4. The fraction of sp³-hybridized carbons (Fsp3) is 0.938. The van der Waals surface area contributed by atoms with Gasteiger partial charge in [0.1, 0.15) is 19.3 Å². The Hall–Kier alpha value is -1.94. The molecule has 498 valence electrons. The van der Waals surface area contributed by atoms with Crippen LogP contribution in [0.25, 0.3) is 0 Å². The number of unbranched alkanes of at least 4 members (excludes halogenated alkanes) is 36. The SMILES string of the molecule is CCCCCCCCCCCCCCCCCCCC(=O)O[C@H](COC(=O)CCCCCCCCC(C)CC)COP(=O)(O)OC[C@@H](O)COP(=O)(O)OC[C@@H](COC(=O)CCCCCCCCC)OC(=O)CCCCCCCCCCCC. The molecule has 0 saturated carbocycles. The second kappa shape index (κ2) is 58.7. The predicted molar refractivity (Wildman–Crippen MR) is 335 cm³/mol. The maximum absolute atomic E-state index is 13.0. The molecule has 19 heteroatoms. The number of esters is 4. The van der Waals surface area contributed by atoms with Gasteiger partial charge in [0, 0.05) is 25.7 Å². The van der Waals surface area contributed by atoms with E-state index in [1.165, 1.54) is 135 Å². The van der Waals surface area contributed by atoms with E-state index >= 15 is 0 Å². The molecule has 0 aliphatic carbocycles. The summed E-state index contributed by atoms with van der Waals surface area (Å²) in [5, 5.41) is 10.5. The number of phosphoric ester groups is 2. The van der Waals surface area contributed by atoms with Crippen molar-refractivity contribution >= 4 is 39.5 Å². The van der Waals surface area contributed by atoms with Gasteiger partial charge in [-0.3, -0.25) is 37.3 Å². The van der Waals surface area contributed by atoms with E-state index in [1.54, 1.807) is 0 Å². The van der Waals surface area contributed by atoms with Crippen LogP contribution in [0.3, 0.4) is 0 Å². The van der Waals surface area contributed by atoms with Crippen LogP contribution in [0.4, 0.5) is 0 Å². The fourth-order valence-corrected chi connectivity index (χ4v) is 11.3. The van der Waals surface area contributed by atoms with E-state index in [-0.39, 0.29) is 25.7 Å². The van der Waals surface area contributed by atoms with E-state index in [0.717, 1.165) is 115 Å². The molecule has 0 fully saturated rings. The molecule has 0 radical (unpaired) electrons. The highest BCUT2D eigenvalue weighted by molar-refractivity contribution is 7.47. The summed E-state index contributed by atoms with van der Waals surface area (Å²) in [6, 6.07) is 0. The van der Waals surface area contributed by atoms with Gasteiger partial charge < -0.3 is 33.8 Å². The van der Waals surface area contributed by atoms with Gasteiger partial charge in [-0.25, -0.2) is 9.13 Å². The molecule has 0 amide bonds. The van der Waals surface area contributed by atoms with Crippen LogP contribution in [0.15, 0.2) is 0 Å². The zero-order chi connectivity index (χ0) is 62.0. The van der Waals surface area contributed by atoms with E-state index in [1.807, 2.05) is 0 Å². The van der Waals surface area contributed by atoms with Crippen LogP contribution in [0.1, 0.15) is 330 Å². The smallest absolute Gasteiger partial charge is 0.462 e. The number of phosphoric acid groups is 2. The first-order valence-corrected chi connectivity index (χ1v) is 37.2. The molecule has 3 N–H and O–H groups in total. The number of hydrogen-bond acceptors (Lipinski definition) is 15. The lowest BCUT2D eigenvalue weighted by Gasteiger charge is -2.21. The highest BCUT2D eigenvalue weighted by atomic mass is 31.2. The van der Waals surface area contributed by atoms with Crippen molar-refractivity contribution in [3.05, 3.63) is 0 Å². The summed E-state index contributed by atoms with van der Waals surface area (Å²) in [6.07, 6.45) is 43.2. The van der Waals surface area contributed by atoms with Crippen LogP contribution in [0.2, 0.25) is 0 Å². The highest BCUT2D eigenvalue weighted by Gasteiger charge is 2.30. The second-order valence-corrected chi connectivity index (χ2v) is 26.7. The fourth-order valence-electron chi connectivity index (χ4n) is 9.73. The molecule has 0 spiro atoms. The molecule has 17 nitrogen and oxygen atoms in total. The van der Waals surface area contributed by atoms with E-state index in [4.69, 9.17) is 37.0 Å². The Morgan fingerprint density at radius 2 is 0.571 bits per heavy atom. The highest BCUT2D eigenvalue weighted by Crippen LogP contribution is 2.45. The van der Waals surface area contributed by atoms with Crippen molar-refractivity contribution in [2.75, 3.05) is 39.6 Å². The van der Waals surface area contributed by atoms with Crippen LogP contribution in [-0.4, -0.2) is 96.7 Å². The third-order valence-electron chi connectivity index (χ3n) is 15.4. The van der Waals surface area contributed by atoms with Gasteiger partial charge in [-0.1, -0.05) is 279 Å². The molecule has 0 heterocycles. The molecule has 0 aromatic carbocycles. The maximum atomic E-state index is 13.0. The van der Waals surface area contributed by atoms with Crippen molar-refractivity contribution in [2.45, 2.75) is 348 Å². The van der Waals surface area contributed by atoms with Crippen molar-refractivity contribution in [2.24, 2.45) is 5.92 Å². The van der Waals surface area contributed by atoms with Crippen LogP contribution in [0.5, 0.6) is 0 Å². The van der Waals surface area contributed by atoms with Crippen molar-refractivity contribution in [3.8, 4) is 0 Å². The minimum atomic E-state index is -4.94. The average Bonchev–Trinajstić information content (AvgIpc) is 3.51. The van der Waals surface area contributed by atoms with Crippen molar-refractivity contribution in [1.82, 2.24) is 0 Å². The first kappa shape index (κ1) is 82.1. The largest absolute Gasteiger partial charge is 0.472 e. The normalized spacial score (nSPS) is 14.5. The standard InChI is InChI=1S/C65H126O17P2/c1-6-10-13-16-19-21-23-24-25-26-27-28-29-31-34-41-46-51-65(70)82-61(55-76-63(68)49-44-39-36-35-37-42-47-58(5)9-4)57-80-84(73,74)78-53-59(66)52-77-83(71,72)79-56-60(54-75-62(67)48-43-38-32-18-15-12-8-3)81-64(69)50-45-40-33-30-22-20-17-14-11-7-2/h58-61,66H,6-57H2,1-5H3,(H,71,72)(H,73,74)/t58?,59-,60+,61+/m0/s1. The summed E-state index contributed by atoms with van der Waals surface area (Å²) in [6.45, 7) is 7.12. The summed E-state index contributed by atoms with van der Waals surface area (Å²) in [5.41, 5.74) is 0. The predicted octanol–water partition coefficient (Wildman–Crippen LogP) is 18.2. The molecule has 0 rings (SSSR count). The first-order valence-electron chi connectivity index (χ1n) is 34.2. The number of rotatable bonds is 65. The Labute approximate surface area is 511 Å². The molecular formula is C65H126O17P2. The van der Waals surface area contributed by atoms with Crippen molar-refractivity contribution < 1.29 is 80.2 Å². The molecule has 0 saturated heterocycles. The second-order valence-electron chi connectivity index (χ2n) is 23.7. The summed E-state index contributed by atoms with van der Waals surface area (Å²) in [4.78, 5) is 72.1. The van der Waals surface area contributed by atoms with Crippen LogP contribution in [-0.2, 0) is 65.4 Å². The summed E-state index contributed by atoms with van der Waals surface area (Å²) in [5.74, 6) is -1.40. The lowest BCUT2D eigenvalue weighted by Crippen LogP contribution is -2.30. The van der Waals surface area contributed by atoms with Gasteiger partial charge in [0.2, 0.25) is 0 Å². The van der Waals surface area contributed by atoms with Gasteiger partial charge in [-0.15, -0.1) is 0 Å². The monoisotopic (exact) mass is 1240 g/mol. The van der Waals surface area contributed by atoms with Gasteiger partial charge in [-0.05, 0) is 31.6 Å². The summed E-state index contributed by atoms with van der Waals surface area (Å²) < 4.78 is 67.9. The Balaban J connectivity index is 5.18. The van der Waals surface area contributed by atoms with Crippen LogP contribution in [0, 0.1) is 5.92 Å². The summed E-state index contributed by atoms with van der Waals surface area (Å²) >= 11 is 0. The zero-order valence-corrected chi connectivity index (χ0v) is 55.8. The molecule has 0 aromatic rings. The summed E-state index contributed by atoms with van der Waals surface area (Å²) in [7, 11) is -9.88. The Morgan fingerprint density at radius 3 is 0.845 bits per heavy atom. The molecular weight excluding hydrogens is 1110 g/mol. The van der Waals surface area contributed by atoms with E-state index < -0.39 is 97.5 Å². The Bertz CT molecular complexity index is 1640. The number of ether oxygens (including phenoxy) is 4. The van der Waals surface area contributed by atoms with Crippen molar-refractivity contribution in [3.63, 3.8) is 0 Å². The molecule has 0 bridgehead atoms. The zero-order valence-electron chi connectivity index (χ0n) is 54.0. The van der Waals surface area contributed by atoms with Crippen LogP contribution >= 0.6 is 15.6 Å². The van der Waals surface area contributed by atoms with Crippen LogP contribution < -0.4 is 0 Å². The molecule has 3 unspecified atom stereocenters. The first-order chi connectivity index (χ1) is 40.6. The van der Waals surface area contributed by atoms with Gasteiger partial charge in [0.15, 0.2) is 12.2 Å². The number of aliphatic hydroxyl groups is 1. The number of aliphatic hydroxyl groups excluding tert-OH is 1. The third-order valence-corrected chi connectivity index (χ3v) is 17.3. The maximum Gasteiger partial charge on any atom is 0.472 e. The molecule has 0 aliphatic rings. The molecule has 84 heavy (non-hydrogen) atoms. The van der Waals surface area contributed by atoms with Gasteiger partial charge >= 0.3 is 39.5 Å². The quantitative estimate of drug-likeness (QED) is 0.0222. The molecule has 6 atom stereocenters. The third kappa shape index (κ3) is 57.8. The Morgan fingerprint density at radius 1 is 0.333 bits per heavy atom. The van der Waals surface area contributed by atoms with Gasteiger partial charge in [-0.2, -0.15) is 0 Å². The van der Waals surface area contributed by atoms with E-state index in [2.05, 4.69) is 34.6 Å². The van der Waals surface area contributed by atoms with E-state index in [9.17, 15) is 43.2 Å². The Kier molecular flexibility index (Phi) is 57.4. The topological polar surface area (TPSA) is 237 Å². The number of carbonyl (C=O) groups excluding carboxylic acids is 4. The van der Waals surface area contributed by atoms with Gasteiger partial charge in [0.05, 0.1) is 26.4 Å². The lowest BCUT2D eigenvalue weighted by atomic mass is 10.00. The van der Waals surface area contributed by atoms with E-state index in [0.29, 0.717) is 25.7 Å². The minimum Gasteiger partial charge on any atom is -0.462 e.